The third kappa shape index (κ3) is 4.37. The van der Waals surface area contributed by atoms with Gasteiger partial charge in [0, 0.05) is 25.2 Å². The molecule has 1 atom stereocenters. The summed E-state index contributed by atoms with van der Waals surface area (Å²) >= 11 is 0. The van der Waals surface area contributed by atoms with Crippen molar-refractivity contribution in [3.05, 3.63) is 23.8 Å². The molecule has 1 fully saturated rings. The molecule has 3 rings (SSSR count). The van der Waals surface area contributed by atoms with E-state index in [-0.39, 0.29) is 24.9 Å². The minimum absolute atomic E-state index is 0.184. The van der Waals surface area contributed by atoms with Crippen molar-refractivity contribution in [3.63, 3.8) is 0 Å². The molecule has 2 aliphatic rings. The molecular weight excluding hydrogens is 296 g/mol. The van der Waals surface area contributed by atoms with Gasteiger partial charge in [0.25, 0.3) is 0 Å². The Morgan fingerprint density at radius 1 is 1.26 bits per heavy atom. The molecule has 1 aromatic carbocycles. The fraction of sp³-hybridized carbons (Fsp3) is 0.667. The second-order valence-corrected chi connectivity index (χ2v) is 6.89. The van der Waals surface area contributed by atoms with Gasteiger partial charge in [0.15, 0.2) is 11.5 Å². The highest BCUT2D eigenvalue weighted by atomic mass is 16.5. The first kappa shape index (κ1) is 16.6. The van der Waals surface area contributed by atoms with Gasteiger partial charge in [-0.2, -0.15) is 0 Å². The molecule has 1 saturated heterocycles. The van der Waals surface area contributed by atoms with E-state index in [1.807, 2.05) is 12.1 Å². The molecule has 23 heavy (non-hydrogen) atoms. The van der Waals surface area contributed by atoms with E-state index in [2.05, 4.69) is 19.9 Å². The number of aliphatic hydroxyl groups is 1. The number of hydrogen-bond acceptors (Lipinski definition) is 5. The van der Waals surface area contributed by atoms with Crippen LogP contribution in [0.3, 0.4) is 0 Å². The number of ether oxygens (including phenoxy) is 4. The summed E-state index contributed by atoms with van der Waals surface area (Å²) in [6, 6.07) is 5.90. The molecule has 0 radical (unpaired) electrons. The molecule has 0 spiro atoms. The van der Waals surface area contributed by atoms with Crippen molar-refractivity contribution >= 4 is 0 Å². The quantitative estimate of drug-likeness (QED) is 0.871. The van der Waals surface area contributed by atoms with Crippen LogP contribution in [0.5, 0.6) is 11.5 Å². The van der Waals surface area contributed by atoms with E-state index in [9.17, 15) is 5.11 Å². The summed E-state index contributed by atoms with van der Waals surface area (Å²) in [6.45, 7) is 6.08. The van der Waals surface area contributed by atoms with Crippen LogP contribution in [-0.4, -0.2) is 49.3 Å². The summed E-state index contributed by atoms with van der Waals surface area (Å²) in [5.74, 6) is 1.49. The molecule has 0 bridgehead atoms. The van der Waals surface area contributed by atoms with Gasteiger partial charge in [-0.25, -0.2) is 0 Å². The maximum absolute atomic E-state index is 10.1. The first-order valence-electron chi connectivity index (χ1n) is 8.35. The largest absolute Gasteiger partial charge is 0.487 e. The second-order valence-electron chi connectivity index (χ2n) is 6.89. The minimum Gasteiger partial charge on any atom is -0.487 e. The van der Waals surface area contributed by atoms with Gasteiger partial charge in [-0.3, -0.25) is 0 Å². The highest BCUT2D eigenvalue weighted by Gasteiger charge is 2.32. The third-order valence-corrected chi connectivity index (χ3v) is 4.18. The zero-order valence-electron chi connectivity index (χ0n) is 13.9. The van der Waals surface area contributed by atoms with Crippen LogP contribution in [0.4, 0.5) is 0 Å². The van der Waals surface area contributed by atoms with Gasteiger partial charge in [0.2, 0.25) is 0 Å². The van der Waals surface area contributed by atoms with Gasteiger partial charge in [-0.05, 0) is 32.8 Å². The fourth-order valence-corrected chi connectivity index (χ4v) is 3.02. The number of fused-ring (bicyclic) bond motifs is 1. The van der Waals surface area contributed by atoms with Crippen LogP contribution in [0.15, 0.2) is 18.2 Å². The van der Waals surface area contributed by atoms with Crippen molar-refractivity contribution in [2.75, 3.05) is 26.4 Å². The van der Waals surface area contributed by atoms with E-state index in [1.54, 1.807) is 0 Å². The maximum atomic E-state index is 10.1. The molecule has 1 N–H and O–H groups in total. The number of hydrogen-bond donors (Lipinski definition) is 1. The average molecular weight is 322 g/mol. The Kier molecular flexibility index (Phi) is 5.09. The summed E-state index contributed by atoms with van der Waals surface area (Å²) in [7, 11) is 0. The summed E-state index contributed by atoms with van der Waals surface area (Å²) in [5.41, 5.74) is 0.951. The van der Waals surface area contributed by atoms with Crippen LogP contribution >= 0.6 is 0 Å². The Hall–Kier alpha value is -1.30. The van der Waals surface area contributed by atoms with Gasteiger partial charge in [0.1, 0.15) is 18.3 Å². The van der Waals surface area contributed by atoms with E-state index in [1.165, 1.54) is 0 Å². The summed E-state index contributed by atoms with van der Waals surface area (Å²) in [5, 5.41) is 10.1. The zero-order valence-corrected chi connectivity index (χ0v) is 13.9. The Labute approximate surface area is 137 Å². The van der Waals surface area contributed by atoms with Crippen LogP contribution in [0.1, 0.15) is 32.3 Å². The topological polar surface area (TPSA) is 57.2 Å². The van der Waals surface area contributed by atoms with Gasteiger partial charge in [0.05, 0.1) is 12.7 Å². The molecule has 5 heteroatoms. The maximum Gasteiger partial charge on any atom is 0.165 e. The number of benzene rings is 1. The number of para-hydroxylation sites is 1. The lowest BCUT2D eigenvalue weighted by Crippen LogP contribution is -2.30. The van der Waals surface area contributed by atoms with E-state index >= 15 is 0 Å². The first-order valence-corrected chi connectivity index (χ1v) is 8.35. The van der Waals surface area contributed by atoms with Crippen molar-refractivity contribution in [1.82, 2.24) is 0 Å². The van der Waals surface area contributed by atoms with Crippen molar-refractivity contribution in [2.24, 2.45) is 0 Å². The minimum atomic E-state index is -0.650. The molecule has 1 aromatic rings. The van der Waals surface area contributed by atoms with Crippen molar-refractivity contribution in [2.45, 2.75) is 50.9 Å². The molecule has 2 heterocycles. The van der Waals surface area contributed by atoms with Crippen molar-refractivity contribution < 1.29 is 24.1 Å². The number of rotatable bonds is 6. The molecule has 0 aliphatic carbocycles. The molecule has 0 aromatic heterocycles. The lowest BCUT2D eigenvalue weighted by atomic mass is 10.0. The summed E-state index contributed by atoms with van der Waals surface area (Å²) in [4.78, 5) is 0. The summed E-state index contributed by atoms with van der Waals surface area (Å²) < 4.78 is 22.7. The molecule has 0 amide bonds. The number of aliphatic hydroxyl groups excluding tert-OH is 1. The lowest BCUT2D eigenvalue weighted by molar-refractivity contribution is -0.0661. The standard InChI is InChI=1S/C18H26O5/c1-18(2)10-13-4-3-5-16(17(13)23-18)22-12-14(19)11-21-15-6-8-20-9-7-15/h3-5,14-15,19H,6-12H2,1-2H3/t14-/m0/s1. The molecular formula is C18H26O5. The second kappa shape index (κ2) is 7.07. The van der Waals surface area contributed by atoms with Gasteiger partial charge in [-0.15, -0.1) is 0 Å². The van der Waals surface area contributed by atoms with Crippen LogP contribution in [0.2, 0.25) is 0 Å². The highest BCUT2D eigenvalue weighted by molar-refractivity contribution is 5.50. The Bertz CT molecular complexity index is 522. The predicted molar refractivity (Wildman–Crippen MR) is 86.1 cm³/mol. The third-order valence-electron chi connectivity index (χ3n) is 4.18. The molecule has 5 nitrogen and oxygen atoms in total. The lowest BCUT2D eigenvalue weighted by Gasteiger charge is -2.24. The van der Waals surface area contributed by atoms with Crippen LogP contribution in [0, 0.1) is 0 Å². The van der Waals surface area contributed by atoms with E-state index < -0.39 is 6.10 Å². The molecule has 128 valence electrons. The van der Waals surface area contributed by atoms with E-state index in [4.69, 9.17) is 18.9 Å². The molecule has 2 aliphatic heterocycles. The Morgan fingerprint density at radius 3 is 2.83 bits per heavy atom. The first-order chi connectivity index (χ1) is 11.0. The molecule has 0 saturated carbocycles. The van der Waals surface area contributed by atoms with Gasteiger partial charge < -0.3 is 24.1 Å². The van der Waals surface area contributed by atoms with Crippen molar-refractivity contribution in [3.8, 4) is 11.5 Å². The normalized spacial score (nSPS) is 21.5. The van der Waals surface area contributed by atoms with Crippen LogP contribution < -0.4 is 9.47 Å². The average Bonchev–Trinajstić information content (AvgIpc) is 2.86. The van der Waals surface area contributed by atoms with Crippen LogP contribution in [0.25, 0.3) is 0 Å². The van der Waals surface area contributed by atoms with Crippen LogP contribution in [-0.2, 0) is 15.9 Å². The van der Waals surface area contributed by atoms with E-state index in [0.717, 1.165) is 43.8 Å². The van der Waals surface area contributed by atoms with E-state index in [0.29, 0.717) is 5.75 Å². The highest BCUT2D eigenvalue weighted by Crippen LogP contribution is 2.41. The predicted octanol–water partition coefficient (Wildman–Crippen LogP) is 2.34. The fourth-order valence-electron chi connectivity index (χ4n) is 3.02. The monoisotopic (exact) mass is 322 g/mol. The Balaban J connectivity index is 1.48. The smallest absolute Gasteiger partial charge is 0.165 e. The van der Waals surface area contributed by atoms with Crippen molar-refractivity contribution in [1.29, 1.82) is 0 Å². The molecule has 0 unspecified atom stereocenters. The SMILES string of the molecule is CC1(C)Cc2cccc(OC[C@@H](O)COC3CCOCC3)c2O1. The van der Waals surface area contributed by atoms with Gasteiger partial charge in [-0.1, -0.05) is 12.1 Å². The van der Waals surface area contributed by atoms with Gasteiger partial charge >= 0.3 is 0 Å². The summed E-state index contributed by atoms with van der Waals surface area (Å²) in [6.07, 6.45) is 2.19. The zero-order chi connectivity index (χ0) is 16.3. The Morgan fingerprint density at radius 2 is 2.04 bits per heavy atom.